The third-order valence-electron chi connectivity index (χ3n) is 2.29. The summed E-state index contributed by atoms with van der Waals surface area (Å²) in [4.78, 5) is 0. The largest absolute Gasteiger partial charge is 0.198 e. The SMILES string of the molecule is Cl.N#CC1CCc2ccccc21. The second-order valence-corrected chi connectivity index (χ2v) is 2.92. The zero-order valence-electron chi connectivity index (χ0n) is 6.66. The summed E-state index contributed by atoms with van der Waals surface area (Å²) in [6.45, 7) is 0. The third kappa shape index (κ3) is 1.31. The van der Waals surface area contributed by atoms with Crippen LogP contribution < -0.4 is 0 Å². The molecule has 1 aromatic carbocycles. The Labute approximate surface area is 78.4 Å². The molecule has 0 spiro atoms. The highest BCUT2D eigenvalue weighted by Gasteiger charge is 2.20. The molecule has 0 bridgehead atoms. The number of rotatable bonds is 0. The zero-order chi connectivity index (χ0) is 7.68. The van der Waals surface area contributed by atoms with Gasteiger partial charge in [0.15, 0.2) is 0 Å². The number of aryl methyl sites for hydroxylation is 1. The fourth-order valence-corrected chi connectivity index (χ4v) is 1.69. The Balaban J connectivity index is 0.000000720. The van der Waals surface area contributed by atoms with Crippen molar-refractivity contribution in [2.75, 3.05) is 0 Å². The summed E-state index contributed by atoms with van der Waals surface area (Å²) in [5, 5.41) is 8.76. The highest BCUT2D eigenvalue weighted by Crippen LogP contribution is 2.31. The van der Waals surface area contributed by atoms with Crippen molar-refractivity contribution in [2.45, 2.75) is 18.8 Å². The van der Waals surface area contributed by atoms with Crippen LogP contribution in [0.1, 0.15) is 23.5 Å². The van der Waals surface area contributed by atoms with Crippen molar-refractivity contribution in [3.63, 3.8) is 0 Å². The van der Waals surface area contributed by atoms with E-state index in [4.69, 9.17) is 5.26 Å². The Kier molecular flexibility index (Phi) is 2.73. The van der Waals surface area contributed by atoms with Crippen LogP contribution in [0.5, 0.6) is 0 Å². The summed E-state index contributed by atoms with van der Waals surface area (Å²) in [6.07, 6.45) is 2.09. The van der Waals surface area contributed by atoms with Gasteiger partial charge in [-0.2, -0.15) is 5.26 Å². The van der Waals surface area contributed by atoms with Gasteiger partial charge >= 0.3 is 0 Å². The van der Waals surface area contributed by atoms with E-state index in [1.807, 2.05) is 12.1 Å². The Morgan fingerprint density at radius 2 is 2.08 bits per heavy atom. The van der Waals surface area contributed by atoms with Crippen LogP contribution in [0.2, 0.25) is 0 Å². The lowest BCUT2D eigenvalue weighted by Gasteiger charge is -1.98. The number of hydrogen-bond donors (Lipinski definition) is 0. The first-order valence-electron chi connectivity index (χ1n) is 3.89. The van der Waals surface area contributed by atoms with Crippen molar-refractivity contribution in [3.8, 4) is 6.07 Å². The maximum absolute atomic E-state index is 8.76. The molecule has 1 aliphatic carbocycles. The number of benzene rings is 1. The summed E-state index contributed by atoms with van der Waals surface area (Å²) in [7, 11) is 0. The molecule has 0 amide bonds. The summed E-state index contributed by atoms with van der Waals surface area (Å²) in [5.74, 6) is 0.159. The molecule has 1 aliphatic rings. The van der Waals surface area contributed by atoms with Crippen molar-refractivity contribution >= 4 is 12.4 Å². The van der Waals surface area contributed by atoms with Gasteiger partial charge in [0.05, 0.1) is 12.0 Å². The monoisotopic (exact) mass is 179 g/mol. The lowest BCUT2D eigenvalue weighted by Crippen LogP contribution is -1.86. The average molecular weight is 180 g/mol. The number of fused-ring (bicyclic) bond motifs is 1. The Bertz CT molecular complexity index is 314. The van der Waals surface area contributed by atoms with E-state index in [2.05, 4.69) is 18.2 Å². The van der Waals surface area contributed by atoms with E-state index < -0.39 is 0 Å². The van der Waals surface area contributed by atoms with Gasteiger partial charge < -0.3 is 0 Å². The molecule has 0 fully saturated rings. The van der Waals surface area contributed by atoms with Crippen LogP contribution in [-0.4, -0.2) is 0 Å². The van der Waals surface area contributed by atoms with Gasteiger partial charge in [-0.3, -0.25) is 0 Å². The molecular weight excluding hydrogens is 170 g/mol. The minimum Gasteiger partial charge on any atom is -0.198 e. The van der Waals surface area contributed by atoms with Crippen molar-refractivity contribution in [2.24, 2.45) is 0 Å². The van der Waals surface area contributed by atoms with E-state index in [1.165, 1.54) is 11.1 Å². The highest BCUT2D eigenvalue weighted by atomic mass is 35.5. The molecular formula is C10H10ClN. The van der Waals surface area contributed by atoms with Gasteiger partial charge in [0.1, 0.15) is 0 Å². The average Bonchev–Trinajstić information content (AvgIpc) is 2.47. The molecule has 0 saturated carbocycles. The second kappa shape index (κ2) is 3.60. The maximum atomic E-state index is 8.76. The molecule has 12 heavy (non-hydrogen) atoms. The minimum atomic E-state index is 0. The number of halogens is 1. The quantitative estimate of drug-likeness (QED) is 0.601. The maximum Gasteiger partial charge on any atom is 0.0718 e. The number of nitrogens with zero attached hydrogens (tertiary/aromatic N) is 1. The van der Waals surface area contributed by atoms with E-state index in [0.29, 0.717) is 0 Å². The molecule has 0 aromatic heterocycles. The van der Waals surface area contributed by atoms with Gasteiger partial charge in [0.2, 0.25) is 0 Å². The summed E-state index contributed by atoms with van der Waals surface area (Å²) in [5.41, 5.74) is 2.61. The van der Waals surface area contributed by atoms with Crippen LogP contribution >= 0.6 is 12.4 Å². The van der Waals surface area contributed by atoms with E-state index in [1.54, 1.807) is 0 Å². The van der Waals surface area contributed by atoms with Gasteiger partial charge in [0.25, 0.3) is 0 Å². The molecule has 0 aliphatic heterocycles. The van der Waals surface area contributed by atoms with Crippen LogP contribution in [0.4, 0.5) is 0 Å². The summed E-state index contributed by atoms with van der Waals surface area (Å²) in [6, 6.07) is 10.6. The highest BCUT2D eigenvalue weighted by molar-refractivity contribution is 5.85. The predicted molar refractivity (Wildman–Crippen MR) is 50.4 cm³/mol. The zero-order valence-corrected chi connectivity index (χ0v) is 7.47. The first-order valence-corrected chi connectivity index (χ1v) is 3.89. The molecule has 0 N–H and O–H groups in total. The van der Waals surface area contributed by atoms with Crippen LogP contribution in [0.15, 0.2) is 24.3 Å². The van der Waals surface area contributed by atoms with Crippen molar-refractivity contribution < 1.29 is 0 Å². The van der Waals surface area contributed by atoms with E-state index in [9.17, 15) is 0 Å². The standard InChI is InChI=1S/C10H9N.ClH/c11-7-9-6-5-8-3-1-2-4-10(8)9;/h1-4,9H,5-6H2;1H. The van der Waals surface area contributed by atoms with Gasteiger partial charge in [-0.15, -0.1) is 12.4 Å². The first-order chi connectivity index (χ1) is 5.42. The van der Waals surface area contributed by atoms with Crippen LogP contribution in [0, 0.1) is 11.3 Å². The number of nitriles is 1. The molecule has 2 heteroatoms. The van der Waals surface area contributed by atoms with Gasteiger partial charge in [-0.05, 0) is 24.0 Å². The van der Waals surface area contributed by atoms with Gasteiger partial charge in [0, 0.05) is 0 Å². The molecule has 0 saturated heterocycles. The molecule has 0 heterocycles. The van der Waals surface area contributed by atoms with Crippen LogP contribution in [-0.2, 0) is 6.42 Å². The third-order valence-corrected chi connectivity index (χ3v) is 2.29. The van der Waals surface area contributed by atoms with Crippen LogP contribution in [0.25, 0.3) is 0 Å². The number of hydrogen-bond acceptors (Lipinski definition) is 1. The molecule has 0 radical (unpaired) electrons. The minimum absolute atomic E-state index is 0. The molecule has 1 atom stereocenters. The Morgan fingerprint density at radius 3 is 2.83 bits per heavy atom. The van der Waals surface area contributed by atoms with E-state index in [0.717, 1.165) is 12.8 Å². The molecule has 2 rings (SSSR count). The summed E-state index contributed by atoms with van der Waals surface area (Å²) >= 11 is 0. The molecule has 1 unspecified atom stereocenters. The normalized spacial score (nSPS) is 19.1. The Hall–Kier alpha value is -1.00. The predicted octanol–water partition coefficient (Wildman–Crippen LogP) is 2.66. The van der Waals surface area contributed by atoms with Gasteiger partial charge in [-0.1, -0.05) is 24.3 Å². The van der Waals surface area contributed by atoms with E-state index in [-0.39, 0.29) is 18.3 Å². The summed E-state index contributed by atoms with van der Waals surface area (Å²) < 4.78 is 0. The lowest BCUT2D eigenvalue weighted by molar-refractivity contribution is 0.826. The fourth-order valence-electron chi connectivity index (χ4n) is 1.69. The molecule has 62 valence electrons. The smallest absolute Gasteiger partial charge is 0.0718 e. The van der Waals surface area contributed by atoms with Crippen molar-refractivity contribution in [1.82, 2.24) is 0 Å². The first kappa shape index (κ1) is 9.09. The van der Waals surface area contributed by atoms with Gasteiger partial charge in [-0.25, -0.2) is 0 Å². The van der Waals surface area contributed by atoms with E-state index >= 15 is 0 Å². The topological polar surface area (TPSA) is 23.8 Å². The Morgan fingerprint density at radius 1 is 1.33 bits per heavy atom. The van der Waals surface area contributed by atoms with Crippen LogP contribution in [0.3, 0.4) is 0 Å². The molecule has 1 aromatic rings. The van der Waals surface area contributed by atoms with Crippen molar-refractivity contribution in [1.29, 1.82) is 5.26 Å². The second-order valence-electron chi connectivity index (χ2n) is 2.92. The fraction of sp³-hybridized carbons (Fsp3) is 0.300. The lowest BCUT2D eigenvalue weighted by atomic mass is 10.0. The van der Waals surface area contributed by atoms with Crippen molar-refractivity contribution in [3.05, 3.63) is 35.4 Å². The molecule has 1 nitrogen and oxygen atoms in total.